The van der Waals surface area contributed by atoms with E-state index >= 15 is 0 Å². The van der Waals surface area contributed by atoms with Gasteiger partial charge in [-0.15, -0.1) is 0 Å². The van der Waals surface area contributed by atoms with E-state index in [4.69, 9.17) is 10.8 Å². The Morgan fingerprint density at radius 1 is 1.33 bits per heavy atom. The van der Waals surface area contributed by atoms with Crippen molar-refractivity contribution in [1.82, 2.24) is 5.32 Å². The number of benzene rings is 1. The summed E-state index contributed by atoms with van der Waals surface area (Å²) in [5.74, 6) is 0.966. The van der Waals surface area contributed by atoms with E-state index in [2.05, 4.69) is 19.2 Å². The Hall–Kier alpha value is -1.55. The zero-order chi connectivity index (χ0) is 15.7. The Morgan fingerprint density at radius 2 is 2.05 bits per heavy atom. The number of hydrogen-bond donors (Lipinski definition) is 3. The number of nitrogen functional groups attached to an aromatic ring is 1. The highest BCUT2D eigenvalue weighted by Crippen LogP contribution is 2.15. The fourth-order valence-corrected chi connectivity index (χ4v) is 2.51. The van der Waals surface area contributed by atoms with E-state index in [1.807, 2.05) is 24.3 Å². The average molecular weight is 292 g/mol. The van der Waals surface area contributed by atoms with Crippen molar-refractivity contribution in [3.8, 4) is 0 Å². The van der Waals surface area contributed by atoms with Crippen LogP contribution in [-0.4, -0.2) is 24.2 Å². The van der Waals surface area contributed by atoms with Crippen LogP contribution in [0.25, 0.3) is 0 Å². The Labute approximate surface area is 127 Å². The van der Waals surface area contributed by atoms with Gasteiger partial charge in [0.2, 0.25) is 5.91 Å². The SMILES string of the molecule is CC(C)CC(CCO)CNC(=O)CCc1ccccc1N. The Balaban J connectivity index is 2.34. The molecule has 0 aliphatic rings. The quantitative estimate of drug-likeness (QED) is 0.612. The third-order valence-electron chi connectivity index (χ3n) is 3.61. The molecule has 0 radical (unpaired) electrons. The fraction of sp³-hybridized carbons (Fsp3) is 0.588. The minimum absolute atomic E-state index is 0.0462. The molecule has 1 amide bonds. The molecule has 0 saturated heterocycles. The van der Waals surface area contributed by atoms with Crippen LogP contribution in [0.3, 0.4) is 0 Å². The summed E-state index contributed by atoms with van der Waals surface area (Å²) in [4.78, 5) is 11.9. The number of nitrogens with one attached hydrogen (secondary N) is 1. The number of carbonyl (C=O) groups is 1. The lowest BCUT2D eigenvalue weighted by molar-refractivity contribution is -0.121. The van der Waals surface area contributed by atoms with E-state index in [1.54, 1.807) is 0 Å². The van der Waals surface area contributed by atoms with Crippen LogP contribution in [0.5, 0.6) is 0 Å². The highest BCUT2D eigenvalue weighted by atomic mass is 16.3. The maximum Gasteiger partial charge on any atom is 0.220 e. The molecule has 118 valence electrons. The number of aryl methyl sites for hydroxylation is 1. The Bertz CT molecular complexity index is 433. The molecule has 0 bridgehead atoms. The largest absolute Gasteiger partial charge is 0.399 e. The first kappa shape index (κ1) is 17.5. The van der Waals surface area contributed by atoms with Gasteiger partial charge in [0.05, 0.1) is 0 Å². The molecule has 4 nitrogen and oxygen atoms in total. The van der Waals surface area contributed by atoms with Crippen LogP contribution >= 0.6 is 0 Å². The standard InChI is InChI=1S/C17H28N2O2/c1-13(2)11-14(9-10-20)12-19-17(21)8-7-15-5-3-4-6-16(15)18/h3-6,13-14,20H,7-12,18H2,1-2H3,(H,19,21). The van der Waals surface area contributed by atoms with Gasteiger partial charge >= 0.3 is 0 Å². The summed E-state index contributed by atoms with van der Waals surface area (Å²) in [5, 5.41) is 12.0. The van der Waals surface area contributed by atoms with E-state index in [-0.39, 0.29) is 12.5 Å². The molecule has 0 heterocycles. The van der Waals surface area contributed by atoms with Crippen LogP contribution < -0.4 is 11.1 Å². The third kappa shape index (κ3) is 7.14. The first-order valence-corrected chi connectivity index (χ1v) is 7.73. The summed E-state index contributed by atoms with van der Waals surface area (Å²) in [7, 11) is 0. The number of carbonyl (C=O) groups excluding carboxylic acids is 1. The zero-order valence-corrected chi connectivity index (χ0v) is 13.1. The molecule has 1 rings (SSSR count). The lowest BCUT2D eigenvalue weighted by atomic mass is 9.94. The topological polar surface area (TPSA) is 75.3 Å². The van der Waals surface area contributed by atoms with Crippen molar-refractivity contribution in [2.45, 2.75) is 39.5 Å². The fourth-order valence-electron chi connectivity index (χ4n) is 2.51. The lowest BCUT2D eigenvalue weighted by Crippen LogP contribution is -2.30. The number of amides is 1. The summed E-state index contributed by atoms with van der Waals surface area (Å²) in [5.41, 5.74) is 7.62. The van der Waals surface area contributed by atoms with Gasteiger partial charge in [-0.1, -0.05) is 32.0 Å². The molecule has 0 saturated carbocycles. The number of para-hydroxylation sites is 1. The van der Waals surface area contributed by atoms with Crippen molar-refractivity contribution >= 4 is 11.6 Å². The van der Waals surface area contributed by atoms with Gasteiger partial charge in [-0.05, 0) is 42.7 Å². The zero-order valence-electron chi connectivity index (χ0n) is 13.1. The second-order valence-electron chi connectivity index (χ2n) is 6.01. The predicted octanol–water partition coefficient (Wildman–Crippen LogP) is 2.36. The molecule has 4 N–H and O–H groups in total. The van der Waals surface area contributed by atoms with Gasteiger partial charge in [0, 0.05) is 25.3 Å². The van der Waals surface area contributed by atoms with Gasteiger partial charge in [0.1, 0.15) is 0 Å². The van der Waals surface area contributed by atoms with E-state index in [0.29, 0.717) is 31.2 Å². The van der Waals surface area contributed by atoms with Crippen molar-refractivity contribution in [1.29, 1.82) is 0 Å². The molecule has 1 aromatic rings. The number of hydrogen-bond acceptors (Lipinski definition) is 3. The number of anilines is 1. The second-order valence-corrected chi connectivity index (χ2v) is 6.01. The van der Waals surface area contributed by atoms with Crippen molar-refractivity contribution in [2.24, 2.45) is 11.8 Å². The Morgan fingerprint density at radius 3 is 2.67 bits per heavy atom. The van der Waals surface area contributed by atoms with Crippen molar-refractivity contribution < 1.29 is 9.90 Å². The molecule has 0 aliphatic carbocycles. The molecule has 1 unspecified atom stereocenters. The minimum Gasteiger partial charge on any atom is -0.399 e. The number of rotatable bonds is 9. The van der Waals surface area contributed by atoms with E-state index < -0.39 is 0 Å². The van der Waals surface area contributed by atoms with Crippen LogP contribution in [0.15, 0.2) is 24.3 Å². The highest BCUT2D eigenvalue weighted by molar-refractivity contribution is 5.76. The monoisotopic (exact) mass is 292 g/mol. The normalized spacial score (nSPS) is 12.4. The first-order chi connectivity index (χ1) is 10.0. The van der Waals surface area contributed by atoms with Crippen LogP contribution in [0.1, 0.15) is 38.7 Å². The van der Waals surface area contributed by atoms with Crippen LogP contribution in [0.4, 0.5) is 5.69 Å². The summed E-state index contributed by atoms with van der Waals surface area (Å²) < 4.78 is 0. The Kier molecular flexibility index (Phi) is 7.83. The number of nitrogens with two attached hydrogens (primary N) is 1. The number of aliphatic hydroxyl groups is 1. The lowest BCUT2D eigenvalue weighted by Gasteiger charge is -2.18. The maximum absolute atomic E-state index is 11.9. The van der Waals surface area contributed by atoms with E-state index in [0.717, 1.165) is 24.1 Å². The first-order valence-electron chi connectivity index (χ1n) is 7.73. The van der Waals surface area contributed by atoms with E-state index in [9.17, 15) is 4.79 Å². The van der Waals surface area contributed by atoms with Gasteiger partial charge in [-0.25, -0.2) is 0 Å². The third-order valence-corrected chi connectivity index (χ3v) is 3.61. The van der Waals surface area contributed by atoms with Gasteiger partial charge in [0.25, 0.3) is 0 Å². The van der Waals surface area contributed by atoms with Gasteiger partial charge in [-0.2, -0.15) is 0 Å². The molecule has 1 aromatic carbocycles. The summed E-state index contributed by atoms with van der Waals surface area (Å²) in [6.07, 6.45) is 2.87. The second kappa shape index (κ2) is 9.40. The van der Waals surface area contributed by atoms with Crippen LogP contribution in [0, 0.1) is 11.8 Å². The summed E-state index contributed by atoms with van der Waals surface area (Å²) in [6.45, 7) is 5.13. The van der Waals surface area contributed by atoms with Gasteiger partial charge in [-0.3, -0.25) is 4.79 Å². The molecule has 21 heavy (non-hydrogen) atoms. The van der Waals surface area contributed by atoms with Gasteiger partial charge < -0.3 is 16.2 Å². The minimum atomic E-state index is 0.0462. The maximum atomic E-state index is 11.9. The van der Waals surface area contributed by atoms with Crippen molar-refractivity contribution in [2.75, 3.05) is 18.9 Å². The molecule has 0 aliphatic heterocycles. The van der Waals surface area contributed by atoms with Crippen molar-refractivity contribution in [3.63, 3.8) is 0 Å². The molecular weight excluding hydrogens is 264 g/mol. The molecule has 4 heteroatoms. The molecular formula is C17H28N2O2. The highest BCUT2D eigenvalue weighted by Gasteiger charge is 2.12. The molecule has 1 atom stereocenters. The van der Waals surface area contributed by atoms with Crippen LogP contribution in [-0.2, 0) is 11.2 Å². The van der Waals surface area contributed by atoms with Crippen LogP contribution in [0.2, 0.25) is 0 Å². The van der Waals surface area contributed by atoms with E-state index in [1.165, 1.54) is 0 Å². The summed E-state index contributed by atoms with van der Waals surface area (Å²) in [6, 6.07) is 7.64. The molecule has 0 spiro atoms. The average Bonchev–Trinajstić information content (AvgIpc) is 2.43. The molecule has 0 fully saturated rings. The molecule has 0 aromatic heterocycles. The van der Waals surface area contributed by atoms with Gasteiger partial charge in [0.15, 0.2) is 0 Å². The number of aliphatic hydroxyl groups excluding tert-OH is 1. The predicted molar refractivity (Wildman–Crippen MR) is 86.8 cm³/mol. The smallest absolute Gasteiger partial charge is 0.220 e. The van der Waals surface area contributed by atoms with Crippen molar-refractivity contribution in [3.05, 3.63) is 29.8 Å². The summed E-state index contributed by atoms with van der Waals surface area (Å²) >= 11 is 0.